The standard InChI is InChI=1S/C19H19N5O2/c1-13-22-17(21-12-16-7-3-4-9-20-16)11-18(23-13)24-15-8-5-6-14(10-15)19(25)26-2/h3-11H,12H2,1-2H3,(H2,21,22,23,24). The number of carbonyl (C=O) groups is 1. The second kappa shape index (κ2) is 8.06. The van der Waals surface area contributed by atoms with Gasteiger partial charge in [0, 0.05) is 18.0 Å². The first kappa shape index (κ1) is 17.3. The lowest BCUT2D eigenvalue weighted by atomic mass is 10.2. The molecule has 26 heavy (non-hydrogen) atoms. The van der Waals surface area contributed by atoms with Crippen LogP contribution >= 0.6 is 0 Å². The van der Waals surface area contributed by atoms with E-state index in [-0.39, 0.29) is 5.97 Å². The summed E-state index contributed by atoms with van der Waals surface area (Å²) in [6.07, 6.45) is 1.75. The van der Waals surface area contributed by atoms with E-state index < -0.39 is 0 Å². The predicted molar refractivity (Wildman–Crippen MR) is 99.4 cm³/mol. The molecule has 0 saturated heterocycles. The van der Waals surface area contributed by atoms with Crippen molar-refractivity contribution in [1.82, 2.24) is 15.0 Å². The number of benzene rings is 1. The van der Waals surface area contributed by atoms with Crippen LogP contribution < -0.4 is 10.6 Å². The maximum absolute atomic E-state index is 11.7. The van der Waals surface area contributed by atoms with Gasteiger partial charge in [-0.25, -0.2) is 14.8 Å². The van der Waals surface area contributed by atoms with Crippen molar-refractivity contribution in [1.29, 1.82) is 0 Å². The number of methoxy groups -OCH3 is 1. The Labute approximate surface area is 151 Å². The third-order valence-corrected chi connectivity index (χ3v) is 3.57. The summed E-state index contributed by atoms with van der Waals surface area (Å²) in [5, 5.41) is 6.43. The van der Waals surface area contributed by atoms with Gasteiger partial charge in [0.2, 0.25) is 0 Å². The number of rotatable bonds is 6. The molecule has 0 atom stereocenters. The Morgan fingerprint density at radius 3 is 2.69 bits per heavy atom. The number of carbonyl (C=O) groups excluding carboxylic acids is 1. The molecule has 7 nitrogen and oxygen atoms in total. The minimum atomic E-state index is -0.384. The Balaban J connectivity index is 1.74. The first-order valence-corrected chi connectivity index (χ1v) is 8.09. The van der Waals surface area contributed by atoms with Crippen molar-refractivity contribution < 1.29 is 9.53 Å². The molecule has 0 unspecified atom stereocenters. The molecule has 1 aromatic carbocycles. The summed E-state index contributed by atoms with van der Waals surface area (Å²) in [4.78, 5) is 24.7. The zero-order chi connectivity index (χ0) is 18.4. The summed E-state index contributed by atoms with van der Waals surface area (Å²) in [6, 6.07) is 14.6. The molecule has 0 aliphatic carbocycles. The van der Waals surface area contributed by atoms with E-state index in [1.165, 1.54) is 7.11 Å². The van der Waals surface area contributed by atoms with Crippen LogP contribution in [-0.2, 0) is 11.3 Å². The molecule has 7 heteroatoms. The fourth-order valence-corrected chi connectivity index (χ4v) is 2.40. The highest BCUT2D eigenvalue weighted by molar-refractivity contribution is 5.90. The van der Waals surface area contributed by atoms with Gasteiger partial charge in [0.1, 0.15) is 17.5 Å². The molecule has 2 heterocycles. The highest BCUT2D eigenvalue weighted by atomic mass is 16.5. The lowest BCUT2D eigenvalue weighted by Gasteiger charge is -2.11. The number of pyridine rings is 1. The maximum Gasteiger partial charge on any atom is 0.337 e. The van der Waals surface area contributed by atoms with Gasteiger partial charge in [0.05, 0.1) is 24.9 Å². The quantitative estimate of drug-likeness (QED) is 0.660. The van der Waals surface area contributed by atoms with Gasteiger partial charge >= 0.3 is 5.97 Å². The zero-order valence-electron chi connectivity index (χ0n) is 14.6. The van der Waals surface area contributed by atoms with Gasteiger partial charge < -0.3 is 15.4 Å². The SMILES string of the molecule is COC(=O)c1cccc(Nc2cc(NCc3ccccn3)nc(C)n2)c1. The van der Waals surface area contributed by atoms with Crippen molar-refractivity contribution in [3.8, 4) is 0 Å². The summed E-state index contributed by atoms with van der Waals surface area (Å²) in [5.74, 6) is 1.56. The number of ether oxygens (including phenoxy) is 1. The summed E-state index contributed by atoms with van der Waals surface area (Å²) >= 11 is 0. The molecule has 0 radical (unpaired) electrons. The van der Waals surface area contributed by atoms with Gasteiger partial charge in [-0.3, -0.25) is 4.98 Å². The van der Waals surface area contributed by atoms with Crippen LogP contribution in [0.2, 0.25) is 0 Å². The molecule has 3 aromatic rings. The van der Waals surface area contributed by atoms with E-state index >= 15 is 0 Å². The lowest BCUT2D eigenvalue weighted by Crippen LogP contribution is -2.06. The third kappa shape index (κ3) is 4.54. The molecule has 0 spiro atoms. The Hall–Kier alpha value is -3.48. The van der Waals surface area contributed by atoms with Gasteiger partial charge in [0.25, 0.3) is 0 Å². The number of esters is 1. The van der Waals surface area contributed by atoms with E-state index in [4.69, 9.17) is 4.74 Å². The number of nitrogens with one attached hydrogen (secondary N) is 2. The van der Waals surface area contributed by atoms with Crippen molar-refractivity contribution in [2.24, 2.45) is 0 Å². The molecule has 2 N–H and O–H groups in total. The van der Waals surface area contributed by atoms with Crippen molar-refractivity contribution in [2.45, 2.75) is 13.5 Å². The monoisotopic (exact) mass is 349 g/mol. The van der Waals surface area contributed by atoms with Crippen molar-refractivity contribution >= 4 is 23.3 Å². The van der Waals surface area contributed by atoms with Crippen molar-refractivity contribution in [3.63, 3.8) is 0 Å². The van der Waals surface area contributed by atoms with Crippen LogP contribution in [0.4, 0.5) is 17.3 Å². The molecule has 0 fully saturated rings. The average molecular weight is 349 g/mol. The largest absolute Gasteiger partial charge is 0.465 e. The zero-order valence-corrected chi connectivity index (χ0v) is 14.6. The second-order valence-electron chi connectivity index (χ2n) is 5.56. The summed E-state index contributed by atoms with van der Waals surface area (Å²) in [5.41, 5.74) is 2.13. The predicted octanol–water partition coefficient (Wildman–Crippen LogP) is 3.32. The molecule has 2 aromatic heterocycles. The van der Waals surface area contributed by atoms with Crippen LogP contribution in [0, 0.1) is 6.92 Å². The van der Waals surface area contributed by atoms with Crippen LogP contribution in [0.1, 0.15) is 21.9 Å². The van der Waals surface area contributed by atoms with Gasteiger partial charge in [-0.1, -0.05) is 12.1 Å². The molecular weight excluding hydrogens is 330 g/mol. The van der Waals surface area contributed by atoms with E-state index in [9.17, 15) is 4.79 Å². The minimum absolute atomic E-state index is 0.384. The highest BCUT2D eigenvalue weighted by Crippen LogP contribution is 2.19. The number of anilines is 3. The van der Waals surface area contributed by atoms with E-state index in [1.54, 1.807) is 30.5 Å². The van der Waals surface area contributed by atoms with Gasteiger partial charge in [-0.15, -0.1) is 0 Å². The summed E-state index contributed by atoms with van der Waals surface area (Å²) < 4.78 is 4.75. The van der Waals surface area contributed by atoms with E-state index in [0.717, 1.165) is 11.4 Å². The van der Waals surface area contributed by atoms with E-state index in [1.807, 2.05) is 31.2 Å². The smallest absolute Gasteiger partial charge is 0.337 e. The molecule has 132 valence electrons. The second-order valence-corrected chi connectivity index (χ2v) is 5.56. The first-order chi connectivity index (χ1) is 12.6. The van der Waals surface area contributed by atoms with E-state index in [2.05, 4.69) is 25.6 Å². The van der Waals surface area contributed by atoms with Gasteiger partial charge in [-0.2, -0.15) is 0 Å². The Morgan fingerprint density at radius 2 is 1.92 bits per heavy atom. The Kier molecular flexibility index (Phi) is 5.38. The third-order valence-electron chi connectivity index (χ3n) is 3.57. The minimum Gasteiger partial charge on any atom is -0.465 e. The number of aromatic nitrogens is 3. The molecule has 0 amide bonds. The first-order valence-electron chi connectivity index (χ1n) is 8.09. The van der Waals surface area contributed by atoms with Crippen LogP contribution in [-0.4, -0.2) is 28.0 Å². The molecule has 3 rings (SSSR count). The Morgan fingerprint density at radius 1 is 1.08 bits per heavy atom. The molecule has 0 saturated carbocycles. The number of nitrogens with zero attached hydrogens (tertiary/aromatic N) is 3. The number of aryl methyl sites for hydroxylation is 1. The van der Waals surface area contributed by atoms with Crippen LogP contribution in [0.3, 0.4) is 0 Å². The van der Waals surface area contributed by atoms with Gasteiger partial charge in [0.15, 0.2) is 0 Å². The van der Waals surface area contributed by atoms with Crippen molar-refractivity contribution in [3.05, 3.63) is 71.8 Å². The fraction of sp³-hybridized carbons (Fsp3) is 0.158. The maximum atomic E-state index is 11.7. The lowest BCUT2D eigenvalue weighted by molar-refractivity contribution is 0.0601. The van der Waals surface area contributed by atoms with E-state index in [0.29, 0.717) is 29.6 Å². The Bertz CT molecular complexity index is 899. The summed E-state index contributed by atoms with van der Waals surface area (Å²) in [7, 11) is 1.36. The highest BCUT2D eigenvalue weighted by Gasteiger charge is 2.07. The normalized spacial score (nSPS) is 10.2. The van der Waals surface area contributed by atoms with Crippen LogP contribution in [0.5, 0.6) is 0 Å². The van der Waals surface area contributed by atoms with Crippen LogP contribution in [0.15, 0.2) is 54.7 Å². The fourth-order valence-electron chi connectivity index (χ4n) is 2.40. The number of hydrogen-bond donors (Lipinski definition) is 2. The summed E-state index contributed by atoms with van der Waals surface area (Å²) in [6.45, 7) is 2.39. The molecular formula is C19H19N5O2. The molecule has 0 bridgehead atoms. The van der Waals surface area contributed by atoms with Crippen molar-refractivity contribution in [2.75, 3.05) is 17.7 Å². The van der Waals surface area contributed by atoms with Gasteiger partial charge in [-0.05, 0) is 37.3 Å². The van der Waals surface area contributed by atoms with Crippen LogP contribution in [0.25, 0.3) is 0 Å². The molecule has 0 aliphatic rings. The topological polar surface area (TPSA) is 89.0 Å². The number of hydrogen-bond acceptors (Lipinski definition) is 7. The molecule has 0 aliphatic heterocycles. The average Bonchev–Trinajstić information content (AvgIpc) is 2.66.